The van der Waals surface area contributed by atoms with Gasteiger partial charge in [-0.3, -0.25) is 4.79 Å². The van der Waals surface area contributed by atoms with Gasteiger partial charge < -0.3 is 15.4 Å². The molecule has 2 N–H and O–H groups in total. The fourth-order valence-corrected chi connectivity index (χ4v) is 1.23. The van der Waals surface area contributed by atoms with E-state index in [9.17, 15) is 9.59 Å². The molecule has 0 saturated heterocycles. The van der Waals surface area contributed by atoms with E-state index in [4.69, 9.17) is 4.74 Å². The third-order valence-electron chi connectivity index (χ3n) is 2.11. The Morgan fingerprint density at radius 1 is 1.27 bits per heavy atom. The number of rotatable bonds is 2. The highest BCUT2D eigenvalue weighted by Crippen LogP contribution is 2.39. The van der Waals surface area contributed by atoms with Gasteiger partial charge in [0.25, 0.3) is 5.91 Å². The molecule has 0 aromatic heterocycles. The second kappa shape index (κ2) is 3.72. The van der Waals surface area contributed by atoms with Crippen LogP contribution in [0.3, 0.4) is 0 Å². The van der Waals surface area contributed by atoms with Gasteiger partial charge in [-0.05, 0) is 20.8 Å². The van der Waals surface area contributed by atoms with Gasteiger partial charge in [0.05, 0.1) is 0 Å². The molecule has 0 radical (unpaired) electrons. The highest BCUT2D eigenvalue weighted by atomic mass is 16.6. The number of carbonyl (C=O) groups is 2. The van der Waals surface area contributed by atoms with E-state index < -0.39 is 11.7 Å². The summed E-state index contributed by atoms with van der Waals surface area (Å²) in [6.45, 7) is 5.56. The Hall–Kier alpha value is -1.26. The van der Waals surface area contributed by atoms with Crippen molar-refractivity contribution in [3.8, 4) is 0 Å². The van der Waals surface area contributed by atoms with Gasteiger partial charge >= 0.3 is 6.09 Å². The smallest absolute Gasteiger partial charge is 0.408 e. The van der Waals surface area contributed by atoms with Gasteiger partial charge in [-0.15, -0.1) is 0 Å². The summed E-state index contributed by atoms with van der Waals surface area (Å²) in [5, 5.41) is 5.15. The number of nitrogens with one attached hydrogen (secondary N) is 2. The maximum Gasteiger partial charge on any atom is 0.408 e. The molecule has 86 valence electrons. The summed E-state index contributed by atoms with van der Waals surface area (Å²) in [7, 11) is 1.54. The average Bonchev–Trinajstić information content (AvgIpc) is 2.80. The van der Waals surface area contributed by atoms with Crippen molar-refractivity contribution >= 4 is 12.0 Å². The molecule has 2 amide bonds. The van der Waals surface area contributed by atoms with Crippen LogP contribution in [0.15, 0.2) is 0 Å². The maximum atomic E-state index is 11.4. The number of amides is 2. The Balaban J connectivity index is 2.49. The first-order chi connectivity index (χ1) is 6.79. The van der Waals surface area contributed by atoms with Crippen LogP contribution in [0.5, 0.6) is 0 Å². The second-order valence-electron chi connectivity index (χ2n) is 4.84. The number of carbonyl (C=O) groups excluding carboxylic acids is 2. The van der Waals surface area contributed by atoms with Crippen molar-refractivity contribution in [2.24, 2.45) is 0 Å². The highest BCUT2D eigenvalue weighted by molar-refractivity contribution is 5.90. The number of alkyl carbamates (subject to hydrolysis) is 1. The van der Waals surface area contributed by atoms with Gasteiger partial charge in [0, 0.05) is 25.4 Å². The van der Waals surface area contributed by atoms with Crippen LogP contribution < -0.4 is 10.6 Å². The maximum absolute atomic E-state index is 11.4. The minimum Gasteiger partial charge on any atom is -0.433 e. The van der Waals surface area contributed by atoms with E-state index in [0.717, 1.165) is 0 Å². The minimum atomic E-state index is -0.913. The molecule has 15 heavy (non-hydrogen) atoms. The fraction of sp³-hybridized carbons (Fsp3) is 0.800. The predicted octanol–water partition coefficient (Wildman–Crippen LogP) is 0.790. The fourth-order valence-electron chi connectivity index (χ4n) is 1.23. The Kier molecular flexibility index (Phi) is 2.93. The summed E-state index contributed by atoms with van der Waals surface area (Å²) in [6, 6.07) is 0. The molecule has 1 aliphatic carbocycles. The molecule has 0 bridgehead atoms. The van der Waals surface area contributed by atoms with Crippen molar-refractivity contribution in [3.63, 3.8) is 0 Å². The largest absolute Gasteiger partial charge is 0.433 e. The molecular weight excluding hydrogens is 196 g/mol. The Labute approximate surface area is 89.6 Å². The van der Waals surface area contributed by atoms with Crippen LogP contribution in [0.4, 0.5) is 4.79 Å². The summed E-state index contributed by atoms with van der Waals surface area (Å²) in [4.78, 5) is 22.8. The lowest BCUT2D eigenvalue weighted by atomic mass is 10.1. The zero-order valence-corrected chi connectivity index (χ0v) is 9.64. The lowest BCUT2D eigenvalue weighted by molar-refractivity contribution is -0.131. The first-order valence-electron chi connectivity index (χ1n) is 5.02. The van der Waals surface area contributed by atoms with Crippen LogP contribution in [0.25, 0.3) is 0 Å². The van der Waals surface area contributed by atoms with Crippen LogP contribution in [0.1, 0.15) is 33.6 Å². The third-order valence-corrected chi connectivity index (χ3v) is 2.11. The first-order valence-corrected chi connectivity index (χ1v) is 5.02. The molecular formula is C10H18N2O3. The van der Waals surface area contributed by atoms with Crippen molar-refractivity contribution in [3.05, 3.63) is 0 Å². The summed E-state index contributed by atoms with van der Waals surface area (Å²) in [6.07, 6.45) is 0.665. The molecule has 0 heterocycles. The number of hydrogen-bond donors (Lipinski definition) is 2. The first kappa shape index (κ1) is 11.8. The number of ether oxygens (including phenoxy) is 1. The standard InChI is InChI=1S/C10H18N2O3/c1-9(2,3)12-8(14)15-10(5-6-10)7(13)11-4/h5-6H2,1-4H3,(H,11,13)(H,12,14). The Morgan fingerprint density at radius 3 is 2.13 bits per heavy atom. The van der Waals surface area contributed by atoms with Crippen molar-refractivity contribution in [1.82, 2.24) is 10.6 Å². The Bertz CT molecular complexity index is 277. The number of likely N-dealkylation sites (N-methyl/N-ethyl adjacent to an activating group) is 1. The molecule has 0 spiro atoms. The Morgan fingerprint density at radius 2 is 1.80 bits per heavy atom. The van der Waals surface area contributed by atoms with E-state index in [1.54, 1.807) is 0 Å². The topological polar surface area (TPSA) is 67.4 Å². The summed E-state index contributed by atoms with van der Waals surface area (Å²) < 4.78 is 5.12. The van der Waals surface area contributed by atoms with Crippen LogP contribution in [-0.4, -0.2) is 30.2 Å². The molecule has 0 aromatic rings. The van der Waals surface area contributed by atoms with Gasteiger partial charge in [-0.1, -0.05) is 0 Å². The van der Waals surface area contributed by atoms with Crippen molar-refractivity contribution in [2.45, 2.75) is 44.8 Å². The van der Waals surface area contributed by atoms with Crippen LogP contribution in [0, 0.1) is 0 Å². The zero-order chi connectivity index (χ0) is 11.7. The van der Waals surface area contributed by atoms with E-state index in [1.807, 2.05) is 20.8 Å². The van der Waals surface area contributed by atoms with Crippen LogP contribution >= 0.6 is 0 Å². The molecule has 5 heteroatoms. The van der Waals surface area contributed by atoms with Gasteiger partial charge in [0.2, 0.25) is 0 Å². The van der Waals surface area contributed by atoms with E-state index in [0.29, 0.717) is 12.8 Å². The van der Waals surface area contributed by atoms with Crippen molar-refractivity contribution in [1.29, 1.82) is 0 Å². The lowest BCUT2D eigenvalue weighted by Crippen LogP contribution is -2.46. The van der Waals surface area contributed by atoms with E-state index in [-0.39, 0.29) is 11.4 Å². The number of hydrogen-bond acceptors (Lipinski definition) is 3. The lowest BCUT2D eigenvalue weighted by Gasteiger charge is -2.22. The van der Waals surface area contributed by atoms with Gasteiger partial charge in [-0.2, -0.15) is 0 Å². The van der Waals surface area contributed by atoms with E-state index >= 15 is 0 Å². The second-order valence-corrected chi connectivity index (χ2v) is 4.84. The molecule has 0 aromatic carbocycles. The van der Waals surface area contributed by atoms with Crippen LogP contribution in [-0.2, 0) is 9.53 Å². The van der Waals surface area contributed by atoms with E-state index in [2.05, 4.69) is 10.6 Å². The van der Waals surface area contributed by atoms with Crippen molar-refractivity contribution in [2.75, 3.05) is 7.05 Å². The molecule has 0 aliphatic heterocycles. The van der Waals surface area contributed by atoms with E-state index in [1.165, 1.54) is 7.05 Å². The molecule has 1 rings (SSSR count). The van der Waals surface area contributed by atoms with Crippen molar-refractivity contribution < 1.29 is 14.3 Å². The van der Waals surface area contributed by atoms with Crippen LogP contribution in [0.2, 0.25) is 0 Å². The normalized spacial score (nSPS) is 17.9. The molecule has 1 aliphatic rings. The molecule has 0 atom stereocenters. The molecule has 1 saturated carbocycles. The minimum absolute atomic E-state index is 0.230. The summed E-state index contributed by atoms with van der Waals surface area (Å²) >= 11 is 0. The average molecular weight is 214 g/mol. The molecule has 0 unspecified atom stereocenters. The highest BCUT2D eigenvalue weighted by Gasteiger charge is 2.54. The summed E-state index contributed by atoms with van der Waals surface area (Å²) in [5.74, 6) is -0.230. The third kappa shape index (κ3) is 3.11. The quantitative estimate of drug-likeness (QED) is 0.714. The van der Waals surface area contributed by atoms with Gasteiger partial charge in [0.15, 0.2) is 5.60 Å². The molecule has 5 nitrogen and oxygen atoms in total. The zero-order valence-electron chi connectivity index (χ0n) is 9.64. The SMILES string of the molecule is CNC(=O)C1(OC(=O)NC(C)(C)C)CC1. The van der Waals surface area contributed by atoms with Gasteiger partial charge in [-0.25, -0.2) is 4.79 Å². The molecule has 1 fully saturated rings. The summed E-state index contributed by atoms with van der Waals surface area (Å²) in [5.41, 5.74) is -1.26. The monoisotopic (exact) mass is 214 g/mol. The predicted molar refractivity (Wildman–Crippen MR) is 55.4 cm³/mol. The van der Waals surface area contributed by atoms with Gasteiger partial charge in [0.1, 0.15) is 0 Å².